The number of nitrogens with one attached hydrogen (secondary N) is 1. The highest BCUT2D eigenvalue weighted by atomic mass is 16.2. The van der Waals surface area contributed by atoms with Gasteiger partial charge in [-0.3, -0.25) is 4.57 Å². The Hall–Kier alpha value is -1.79. The first kappa shape index (κ1) is 16.1. The first-order valence-electron chi connectivity index (χ1n) is 8.84. The molecule has 0 bridgehead atoms. The minimum Gasteiger partial charge on any atom is -0.338 e. The van der Waals surface area contributed by atoms with E-state index in [4.69, 9.17) is 0 Å². The summed E-state index contributed by atoms with van der Waals surface area (Å²) in [7, 11) is 0. The van der Waals surface area contributed by atoms with Crippen LogP contribution in [0.2, 0.25) is 0 Å². The van der Waals surface area contributed by atoms with Gasteiger partial charge < -0.3 is 10.2 Å². The molecular weight excluding hydrogens is 294 g/mol. The summed E-state index contributed by atoms with van der Waals surface area (Å²) in [6, 6.07) is 0.0213. The van der Waals surface area contributed by atoms with Gasteiger partial charge in [-0.05, 0) is 38.0 Å². The van der Waals surface area contributed by atoms with Crippen molar-refractivity contribution in [3.63, 3.8) is 0 Å². The molecule has 23 heavy (non-hydrogen) atoms. The molecule has 3 rings (SSSR count). The molecule has 0 saturated carbocycles. The van der Waals surface area contributed by atoms with Crippen LogP contribution in [-0.2, 0) is 19.5 Å². The van der Waals surface area contributed by atoms with Gasteiger partial charge in [0.15, 0.2) is 0 Å². The summed E-state index contributed by atoms with van der Waals surface area (Å²) in [5, 5.41) is 7.37. The van der Waals surface area contributed by atoms with Crippen molar-refractivity contribution in [2.75, 3.05) is 19.6 Å². The number of hydrogen-bond donors (Lipinski definition) is 1. The third-order valence-electron chi connectivity index (χ3n) is 4.80. The molecule has 128 valence electrons. The monoisotopic (exact) mass is 321 g/mol. The van der Waals surface area contributed by atoms with Crippen LogP contribution in [0.4, 0.5) is 4.79 Å². The molecule has 0 radical (unpaired) electrons. The summed E-state index contributed by atoms with van der Waals surface area (Å²) in [5.41, 5.74) is -0.00381. The van der Waals surface area contributed by atoms with Gasteiger partial charge in [-0.15, -0.1) is 0 Å². The minimum atomic E-state index is -0.00381. The van der Waals surface area contributed by atoms with E-state index in [0.717, 1.165) is 57.6 Å². The summed E-state index contributed by atoms with van der Waals surface area (Å²) in [5.74, 6) is 1.50. The first-order chi connectivity index (χ1) is 11.1. The average molecular weight is 321 g/mol. The lowest BCUT2D eigenvalue weighted by molar-refractivity contribution is 0.169. The molecule has 2 aliphatic heterocycles. The molecule has 1 fully saturated rings. The van der Waals surface area contributed by atoms with Crippen molar-refractivity contribution in [3.8, 4) is 0 Å². The predicted octanol–water partition coefficient (Wildman–Crippen LogP) is 1.21. The lowest BCUT2D eigenvalue weighted by atomic mass is 10.0. The van der Waals surface area contributed by atoms with Crippen LogP contribution in [0, 0.1) is 5.92 Å². The zero-order valence-electron chi connectivity index (χ0n) is 14.0. The number of aromatic nitrogens is 3. The molecule has 7 heteroatoms. The van der Waals surface area contributed by atoms with E-state index < -0.39 is 0 Å². The molecule has 0 aromatic carbocycles. The second-order valence-electron chi connectivity index (χ2n) is 6.81. The Morgan fingerprint density at radius 1 is 1.30 bits per heavy atom. The quantitative estimate of drug-likeness (QED) is 0.847. The Bertz CT molecular complexity index is 606. The molecule has 1 unspecified atom stereocenters. The number of hydrogen-bond acceptors (Lipinski definition) is 3. The van der Waals surface area contributed by atoms with Crippen molar-refractivity contribution in [2.45, 2.75) is 58.5 Å². The maximum absolute atomic E-state index is 12.2. The van der Waals surface area contributed by atoms with Crippen LogP contribution in [0.25, 0.3) is 0 Å². The molecule has 3 heterocycles. The molecule has 1 aromatic rings. The molecule has 0 aliphatic carbocycles. The lowest BCUT2D eigenvalue weighted by Gasteiger charge is -2.30. The van der Waals surface area contributed by atoms with Crippen LogP contribution < -0.4 is 11.0 Å². The van der Waals surface area contributed by atoms with E-state index in [0.29, 0.717) is 19.0 Å². The van der Waals surface area contributed by atoms with Crippen molar-refractivity contribution in [2.24, 2.45) is 5.92 Å². The number of nitrogens with zero attached hydrogens (tertiary/aromatic N) is 4. The fourth-order valence-corrected chi connectivity index (χ4v) is 3.50. The number of aryl methyl sites for hydroxylation is 2. The number of likely N-dealkylation sites (tertiary alicyclic amines) is 1. The van der Waals surface area contributed by atoms with Crippen molar-refractivity contribution < 1.29 is 4.79 Å². The average Bonchev–Trinajstić information content (AvgIpc) is 2.88. The Morgan fingerprint density at radius 3 is 2.96 bits per heavy atom. The fourth-order valence-electron chi connectivity index (χ4n) is 3.50. The van der Waals surface area contributed by atoms with Gasteiger partial charge >= 0.3 is 11.7 Å². The highest BCUT2D eigenvalue weighted by molar-refractivity contribution is 5.74. The maximum Gasteiger partial charge on any atom is 0.345 e. The van der Waals surface area contributed by atoms with Crippen LogP contribution in [0.1, 0.15) is 44.9 Å². The van der Waals surface area contributed by atoms with E-state index in [1.165, 1.54) is 6.42 Å². The molecular formula is C16H27N5O2. The summed E-state index contributed by atoms with van der Waals surface area (Å²) < 4.78 is 3.34. The Kier molecular flexibility index (Phi) is 5.03. The topological polar surface area (TPSA) is 72.2 Å². The molecule has 2 aliphatic rings. The van der Waals surface area contributed by atoms with Crippen LogP contribution in [-0.4, -0.2) is 44.9 Å². The third kappa shape index (κ3) is 3.76. The molecule has 1 N–H and O–H groups in total. The Labute approximate surface area is 136 Å². The maximum atomic E-state index is 12.2. The van der Waals surface area contributed by atoms with E-state index in [2.05, 4.69) is 17.3 Å². The number of amides is 2. The summed E-state index contributed by atoms with van der Waals surface area (Å²) >= 11 is 0. The fraction of sp³-hybridized carbons (Fsp3) is 0.812. The molecule has 2 amide bonds. The highest BCUT2D eigenvalue weighted by Crippen LogP contribution is 2.15. The number of rotatable bonds is 4. The van der Waals surface area contributed by atoms with Gasteiger partial charge in [-0.2, -0.15) is 5.10 Å². The number of carbonyl (C=O) groups is 1. The van der Waals surface area contributed by atoms with E-state index >= 15 is 0 Å². The van der Waals surface area contributed by atoms with Gasteiger partial charge in [0.25, 0.3) is 0 Å². The van der Waals surface area contributed by atoms with Crippen LogP contribution in [0.15, 0.2) is 4.79 Å². The van der Waals surface area contributed by atoms with Crippen molar-refractivity contribution in [3.05, 3.63) is 16.3 Å². The third-order valence-corrected chi connectivity index (χ3v) is 4.80. The van der Waals surface area contributed by atoms with Gasteiger partial charge in [-0.1, -0.05) is 6.92 Å². The van der Waals surface area contributed by atoms with Crippen molar-refractivity contribution in [1.29, 1.82) is 0 Å². The molecule has 1 atom stereocenters. The zero-order valence-corrected chi connectivity index (χ0v) is 14.0. The second kappa shape index (κ2) is 7.19. The van der Waals surface area contributed by atoms with Crippen molar-refractivity contribution >= 4 is 6.03 Å². The van der Waals surface area contributed by atoms with Gasteiger partial charge in [0.1, 0.15) is 5.82 Å². The minimum absolute atomic E-state index is 0.00381. The number of fused-ring (bicyclic) bond motifs is 1. The number of urea groups is 1. The molecule has 7 nitrogen and oxygen atoms in total. The molecule has 1 saturated heterocycles. The van der Waals surface area contributed by atoms with Gasteiger partial charge in [0.05, 0.1) is 0 Å². The highest BCUT2D eigenvalue weighted by Gasteiger charge is 2.20. The summed E-state index contributed by atoms with van der Waals surface area (Å²) in [6.07, 6.45) is 6.09. The van der Waals surface area contributed by atoms with E-state index in [-0.39, 0.29) is 11.7 Å². The van der Waals surface area contributed by atoms with Crippen LogP contribution in [0.3, 0.4) is 0 Å². The largest absolute Gasteiger partial charge is 0.345 e. The standard InChI is InChI=1S/C16H27N5O2/c1-13-6-4-9-19(12-13)15(22)17-8-5-11-21-16(23)20-10-3-2-7-14(20)18-21/h13H,2-12H2,1H3,(H,17,22). The van der Waals surface area contributed by atoms with Crippen LogP contribution in [0.5, 0.6) is 0 Å². The Balaban J connectivity index is 1.44. The molecule has 1 aromatic heterocycles. The smallest absolute Gasteiger partial charge is 0.338 e. The van der Waals surface area contributed by atoms with Crippen LogP contribution >= 0.6 is 0 Å². The van der Waals surface area contributed by atoms with E-state index in [1.807, 2.05) is 4.90 Å². The summed E-state index contributed by atoms with van der Waals surface area (Å²) in [6.45, 7) is 5.82. The normalized spacial score (nSPS) is 21.1. The van der Waals surface area contributed by atoms with E-state index in [1.54, 1.807) is 9.25 Å². The first-order valence-corrected chi connectivity index (χ1v) is 8.84. The lowest BCUT2D eigenvalue weighted by Crippen LogP contribution is -2.45. The van der Waals surface area contributed by atoms with E-state index in [9.17, 15) is 9.59 Å². The number of carbonyl (C=O) groups excluding carboxylic acids is 1. The van der Waals surface area contributed by atoms with Gasteiger partial charge in [0, 0.05) is 39.1 Å². The predicted molar refractivity (Wildman–Crippen MR) is 87.4 cm³/mol. The SMILES string of the molecule is CC1CCCN(C(=O)NCCCn2nc3n(c2=O)CCCC3)C1. The zero-order chi connectivity index (χ0) is 16.2. The Morgan fingerprint density at radius 2 is 2.17 bits per heavy atom. The van der Waals surface area contributed by atoms with Gasteiger partial charge in [-0.25, -0.2) is 14.3 Å². The number of piperidine rings is 1. The van der Waals surface area contributed by atoms with Crippen molar-refractivity contribution in [1.82, 2.24) is 24.6 Å². The summed E-state index contributed by atoms with van der Waals surface area (Å²) in [4.78, 5) is 26.2. The van der Waals surface area contributed by atoms with Gasteiger partial charge in [0.2, 0.25) is 0 Å². The molecule has 0 spiro atoms. The second-order valence-corrected chi connectivity index (χ2v) is 6.81.